The predicted octanol–water partition coefficient (Wildman–Crippen LogP) is 3.08. The van der Waals surface area contributed by atoms with Gasteiger partial charge in [-0.25, -0.2) is 4.98 Å². The number of nitrogens with zero attached hydrogens (tertiary/aromatic N) is 1. The first kappa shape index (κ1) is 9.00. The van der Waals surface area contributed by atoms with E-state index >= 15 is 0 Å². The van der Waals surface area contributed by atoms with Gasteiger partial charge in [0.2, 0.25) is 5.88 Å². The molecule has 1 aliphatic carbocycles. The Labute approximate surface area is 83.9 Å². The average Bonchev–Trinajstić information content (AvgIpc) is 2.23. The molecule has 0 saturated heterocycles. The van der Waals surface area contributed by atoms with E-state index in [0.717, 1.165) is 18.6 Å². The monoisotopic (exact) mass is 187 g/mol. The quantitative estimate of drug-likeness (QED) is 0.709. The van der Waals surface area contributed by atoms with Gasteiger partial charge < -0.3 is 4.74 Å². The molecule has 0 aromatic carbocycles. The molecule has 2 nitrogen and oxygen atoms in total. The van der Waals surface area contributed by atoms with E-state index in [4.69, 9.17) is 4.74 Å². The maximum Gasteiger partial charge on any atom is 0.218 e. The van der Waals surface area contributed by atoms with Gasteiger partial charge in [-0.15, -0.1) is 0 Å². The number of pyridine rings is 1. The van der Waals surface area contributed by atoms with Crippen molar-refractivity contribution in [1.82, 2.24) is 4.98 Å². The minimum absolute atomic E-state index is 0.673. The van der Waals surface area contributed by atoms with Crippen molar-refractivity contribution < 1.29 is 4.74 Å². The lowest BCUT2D eigenvalue weighted by atomic mass is 10.1. The molecule has 1 aliphatic rings. The van der Waals surface area contributed by atoms with Gasteiger partial charge >= 0.3 is 0 Å². The van der Waals surface area contributed by atoms with Gasteiger partial charge in [0.1, 0.15) is 5.76 Å². The predicted molar refractivity (Wildman–Crippen MR) is 55.9 cm³/mol. The van der Waals surface area contributed by atoms with Gasteiger partial charge in [0.05, 0.1) is 0 Å². The molecular weight excluding hydrogens is 174 g/mol. The van der Waals surface area contributed by atoms with Crippen LogP contribution in [0.2, 0.25) is 0 Å². The smallest absolute Gasteiger partial charge is 0.218 e. The summed E-state index contributed by atoms with van der Waals surface area (Å²) in [6.07, 6.45) is 7.91. The van der Waals surface area contributed by atoms with Crippen molar-refractivity contribution >= 4 is 0 Å². The van der Waals surface area contributed by atoms with Gasteiger partial charge in [0, 0.05) is 18.7 Å². The average molecular weight is 187 g/mol. The van der Waals surface area contributed by atoms with Crippen LogP contribution in [-0.4, -0.2) is 4.98 Å². The Bertz CT molecular complexity index is 365. The molecule has 2 rings (SSSR count). The van der Waals surface area contributed by atoms with Gasteiger partial charge in [-0.2, -0.15) is 0 Å². The molecule has 0 atom stereocenters. The Balaban J connectivity index is 2.06. The van der Waals surface area contributed by atoms with Crippen molar-refractivity contribution in [2.45, 2.75) is 19.8 Å². The number of hydrogen-bond acceptors (Lipinski definition) is 2. The van der Waals surface area contributed by atoms with Gasteiger partial charge in [-0.05, 0) is 25.5 Å². The molecule has 0 saturated carbocycles. The molecule has 1 aromatic rings. The molecule has 0 spiro atoms. The number of allylic oxidation sites excluding steroid dienone is 4. The van der Waals surface area contributed by atoms with Gasteiger partial charge in [0.25, 0.3) is 0 Å². The standard InChI is InChI=1S/C12H13NO/c1-10-5-7-11(8-6-10)14-12-4-2-3-9-13-12/h2-5,7,9H,6,8H2,1H3. The second-order valence-corrected chi connectivity index (χ2v) is 3.42. The fraction of sp³-hybridized carbons (Fsp3) is 0.250. The van der Waals surface area contributed by atoms with Crippen molar-refractivity contribution in [2.75, 3.05) is 0 Å². The fourth-order valence-electron chi connectivity index (χ4n) is 1.35. The molecule has 0 aliphatic heterocycles. The van der Waals surface area contributed by atoms with E-state index in [1.165, 1.54) is 5.57 Å². The van der Waals surface area contributed by atoms with E-state index in [-0.39, 0.29) is 0 Å². The zero-order valence-electron chi connectivity index (χ0n) is 8.23. The highest BCUT2D eigenvalue weighted by Gasteiger charge is 2.05. The van der Waals surface area contributed by atoms with Crippen LogP contribution in [0.15, 0.2) is 47.9 Å². The molecule has 0 bridgehead atoms. The minimum Gasteiger partial charge on any atom is -0.443 e. The molecule has 0 radical (unpaired) electrons. The van der Waals surface area contributed by atoms with Crippen molar-refractivity contribution in [1.29, 1.82) is 0 Å². The van der Waals surface area contributed by atoms with Crippen LogP contribution in [0.1, 0.15) is 19.8 Å². The third kappa shape index (κ3) is 2.22. The van der Waals surface area contributed by atoms with E-state index in [9.17, 15) is 0 Å². The van der Waals surface area contributed by atoms with Crippen LogP contribution in [0.3, 0.4) is 0 Å². The summed E-state index contributed by atoms with van der Waals surface area (Å²) >= 11 is 0. The third-order valence-corrected chi connectivity index (χ3v) is 2.19. The van der Waals surface area contributed by atoms with Crippen LogP contribution in [0.25, 0.3) is 0 Å². The maximum atomic E-state index is 5.61. The maximum absolute atomic E-state index is 5.61. The number of hydrogen-bond donors (Lipinski definition) is 0. The van der Waals surface area contributed by atoms with Crippen LogP contribution in [-0.2, 0) is 0 Å². The summed E-state index contributed by atoms with van der Waals surface area (Å²) in [5.41, 5.74) is 1.40. The summed E-state index contributed by atoms with van der Waals surface area (Å²) in [7, 11) is 0. The Morgan fingerprint density at radius 1 is 1.21 bits per heavy atom. The summed E-state index contributed by atoms with van der Waals surface area (Å²) in [5.74, 6) is 1.67. The van der Waals surface area contributed by atoms with Gasteiger partial charge in [0.15, 0.2) is 0 Å². The van der Waals surface area contributed by atoms with Crippen LogP contribution in [0.4, 0.5) is 0 Å². The van der Waals surface area contributed by atoms with Crippen LogP contribution < -0.4 is 4.74 Å². The topological polar surface area (TPSA) is 22.1 Å². The lowest BCUT2D eigenvalue weighted by Crippen LogP contribution is -2.00. The highest BCUT2D eigenvalue weighted by molar-refractivity contribution is 5.22. The Kier molecular flexibility index (Phi) is 2.63. The minimum atomic E-state index is 0.673. The first-order valence-electron chi connectivity index (χ1n) is 4.80. The van der Waals surface area contributed by atoms with E-state index in [0.29, 0.717) is 5.88 Å². The molecule has 0 unspecified atom stereocenters. The van der Waals surface area contributed by atoms with Crippen molar-refractivity contribution in [3.63, 3.8) is 0 Å². The second kappa shape index (κ2) is 4.09. The largest absolute Gasteiger partial charge is 0.443 e. The van der Waals surface area contributed by atoms with E-state index in [1.807, 2.05) is 24.3 Å². The first-order chi connectivity index (χ1) is 6.84. The van der Waals surface area contributed by atoms with Crippen molar-refractivity contribution in [2.24, 2.45) is 0 Å². The Morgan fingerprint density at radius 3 is 2.79 bits per heavy atom. The molecule has 0 amide bonds. The van der Waals surface area contributed by atoms with E-state index in [1.54, 1.807) is 6.20 Å². The number of ether oxygens (including phenoxy) is 1. The van der Waals surface area contributed by atoms with Gasteiger partial charge in [-0.3, -0.25) is 0 Å². The van der Waals surface area contributed by atoms with Crippen LogP contribution in [0, 0.1) is 0 Å². The molecule has 1 aromatic heterocycles. The summed E-state index contributed by atoms with van der Waals surface area (Å²) in [5, 5.41) is 0. The molecule has 1 heterocycles. The summed E-state index contributed by atoms with van der Waals surface area (Å²) in [6, 6.07) is 5.67. The highest BCUT2D eigenvalue weighted by atomic mass is 16.5. The highest BCUT2D eigenvalue weighted by Crippen LogP contribution is 2.20. The zero-order valence-corrected chi connectivity index (χ0v) is 8.23. The summed E-state index contributed by atoms with van der Waals surface area (Å²) < 4.78 is 5.61. The summed E-state index contributed by atoms with van der Waals surface area (Å²) in [4.78, 5) is 4.11. The number of rotatable bonds is 2. The van der Waals surface area contributed by atoms with Crippen molar-refractivity contribution in [3.05, 3.63) is 47.9 Å². The SMILES string of the molecule is CC1=CC=C(Oc2ccccn2)CC1. The molecular formula is C12H13NO. The Morgan fingerprint density at radius 2 is 2.14 bits per heavy atom. The van der Waals surface area contributed by atoms with E-state index in [2.05, 4.69) is 18.0 Å². The lowest BCUT2D eigenvalue weighted by molar-refractivity contribution is 0.386. The second-order valence-electron chi connectivity index (χ2n) is 3.42. The molecule has 14 heavy (non-hydrogen) atoms. The van der Waals surface area contributed by atoms with E-state index < -0.39 is 0 Å². The Hall–Kier alpha value is -1.57. The molecule has 0 fully saturated rings. The van der Waals surface area contributed by atoms with Crippen molar-refractivity contribution in [3.8, 4) is 5.88 Å². The van der Waals surface area contributed by atoms with Gasteiger partial charge in [-0.1, -0.05) is 17.7 Å². The summed E-state index contributed by atoms with van der Waals surface area (Å²) in [6.45, 7) is 2.13. The number of aromatic nitrogens is 1. The molecule has 0 N–H and O–H groups in total. The van der Waals surface area contributed by atoms with Crippen LogP contribution >= 0.6 is 0 Å². The third-order valence-electron chi connectivity index (χ3n) is 2.19. The normalized spacial score (nSPS) is 15.8. The van der Waals surface area contributed by atoms with Crippen LogP contribution in [0.5, 0.6) is 5.88 Å². The fourth-order valence-corrected chi connectivity index (χ4v) is 1.35. The lowest BCUT2D eigenvalue weighted by Gasteiger charge is -2.12. The molecule has 2 heteroatoms. The first-order valence-corrected chi connectivity index (χ1v) is 4.80. The zero-order chi connectivity index (χ0) is 9.80. The molecule has 72 valence electrons.